The molecule has 3 rings (SSSR count). The Morgan fingerprint density at radius 3 is 3.00 bits per heavy atom. The highest BCUT2D eigenvalue weighted by atomic mass is 79.9. The van der Waals surface area contributed by atoms with E-state index in [-0.39, 0.29) is 17.0 Å². The molecular formula is C15H22BrN3. The minimum Gasteiger partial charge on any atom is -0.356 e. The third-order valence-corrected chi connectivity index (χ3v) is 3.91. The van der Waals surface area contributed by atoms with Gasteiger partial charge in [0.2, 0.25) is 0 Å². The van der Waals surface area contributed by atoms with Crippen molar-refractivity contribution < 1.29 is 0 Å². The fraction of sp³-hybridized carbons (Fsp3) is 0.533. The smallest absolute Gasteiger partial charge is 0.191 e. The summed E-state index contributed by atoms with van der Waals surface area (Å²) in [5.74, 6) is 1.63. The Hall–Kier alpha value is -1.03. The van der Waals surface area contributed by atoms with Crippen LogP contribution >= 0.6 is 17.0 Å². The lowest BCUT2D eigenvalue weighted by Gasteiger charge is -2.27. The number of benzene rings is 1. The van der Waals surface area contributed by atoms with E-state index in [0.717, 1.165) is 32.0 Å². The first-order valence-corrected chi connectivity index (χ1v) is 7.03. The van der Waals surface area contributed by atoms with Gasteiger partial charge in [-0.3, -0.25) is 4.99 Å². The zero-order valence-electron chi connectivity index (χ0n) is 11.2. The Bertz CT molecular complexity index is 445. The van der Waals surface area contributed by atoms with Crippen LogP contribution in [-0.2, 0) is 6.42 Å². The second-order valence-electron chi connectivity index (χ2n) is 5.18. The molecule has 0 bridgehead atoms. The molecule has 4 heteroatoms. The molecular weight excluding hydrogens is 302 g/mol. The van der Waals surface area contributed by atoms with E-state index >= 15 is 0 Å². The van der Waals surface area contributed by atoms with Gasteiger partial charge in [-0.15, -0.1) is 17.0 Å². The van der Waals surface area contributed by atoms with Gasteiger partial charge in [0.05, 0.1) is 0 Å². The SMILES string of the molecule is Br.c1ccc2c(c1)CCCC2CNC1=NCCCN1. The number of hydrogen-bond donors (Lipinski definition) is 2. The van der Waals surface area contributed by atoms with Crippen LogP contribution in [0.3, 0.4) is 0 Å². The minimum atomic E-state index is 0. The van der Waals surface area contributed by atoms with E-state index in [0.29, 0.717) is 5.92 Å². The summed E-state index contributed by atoms with van der Waals surface area (Å²) in [7, 11) is 0. The van der Waals surface area contributed by atoms with Gasteiger partial charge < -0.3 is 10.6 Å². The van der Waals surface area contributed by atoms with Crippen LogP contribution in [0.4, 0.5) is 0 Å². The Kier molecular flexibility index (Phi) is 5.25. The van der Waals surface area contributed by atoms with Gasteiger partial charge in [0.15, 0.2) is 5.96 Å². The fourth-order valence-electron chi connectivity index (χ4n) is 2.94. The van der Waals surface area contributed by atoms with Crippen molar-refractivity contribution in [2.45, 2.75) is 31.6 Å². The van der Waals surface area contributed by atoms with Crippen LogP contribution in [0.25, 0.3) is 0 Å². The molecule has 2 aliphatic rings. The number of aliphatic imine (C=N–C) groups is 1. The van der Waals surface area contributed by atoms with Crippen molar-refractivity contribution in [3.63, 3.8) is 0 Å². The number of nitrogens with one attached hydrogen (secondary N) is 2. The van der Waals surface area contributed by atoms with E-state index in [1.54, 1.807) is 0 Å². The van der Waals surface area contributed by atoms with Gasteiger partial charge in [-0.25, -0.2) is 0 Å². The summed E-state index contributed by atoms with van der Waals surface area (Å²) in [6.45, 7) is 3.01. The maximum absolute atomic E-state index is 4.46. The molecule has 0 saturated carbocycles. The maximum atomic E-state index is 4.46. The average molecular weight is 324 g/mol. The number of aryl methyl sites for hydroxylation is 1. The van der Waals surface area contributed by atoms with E-state index in [4.69, 9.17) is 0 Å². The zero-order valence-corrected chi connectivity index (χ0v) is 12.9. The number of nitrogens with zero attached hydrogens (tertiary/aromatic N) is 1. The fourth-order valence-corrected chi connectivity index (χ4v) is 2.94. The maximum Gasteiger partial charge on any atom is 0.191 e. The second-order valence-corrected chi connectivity index (χ2v) is 5.18. The molecule has 1 aliphatic carbocycles. The number of hydrogen-bond acceptors (Lipinski definition) is 3. The molecule has 0 aromatic heterocycles. The summed E-state index contributed by atoms with van der Waals surface area (Å²) in [5.41, 5.74) is 3.07. The Morgan fingerprint density at radius 1 is 1.26 bits per heavy atom. The third-order valence-electron chi connectivity index (χ3n) is 3.91. The van der Waals surface area contributed by atoms with Crippen LogP contribution in [-0.4, -0.2) is 25.6 Å². The molecule has 3 nitrogen and oxygen atoms in total. The van der Waals surface area contributed by atoms with Crippen LogP contribution in [0, 0.1) is 0 Å². The lowest BCUT2D eigenvalue weighted by Crippen LogP contribution is -2.42. The monoisotopic (exact) mass is 323 g/mol. The summed E-state index contributed by atoms with van der Waals surface area (Å²) in [6.07, 6.45) is 4.99. The first-order valence-electron chi connectivity index (χ1n) is 7.03. The largest absolute Gasteiger partial charge is 0.356 e. The molecule has 1 aliphatic heterocycles. The standard InChI is InChI=1S/C15H21N3.BrH/c1-2-8-14-12(5-1)6-3-7-13(14)11-18-15-16-9-4-10-17-15;/h1-2,5,8,13H,3-4,6-7,9-11H2,(H2,16,17,18);1H. The molecule has 0 spiro atoms. The molecule has 1 heterocycles. The summed E-state index contributed by atoms with van der Waals surface area (Å²) in [5, 5.41) is 6.79. The van der Waals surface area contributed by atoms with E-state index in [1.165, 1.54) is 30.4 Å². The van der Waals surface area contributed by atoms with Crippen molar-refractivity contribution in [2.24, 2.45) is 4.99 Å². The van der Waals surface area contributed by atoms with Gasteiger partial charge in [0.25, 0.3) is 0 Å². The minimum absolute atomic E-state index is 0. The number of rotatable bonds is 2. The molecule has 1 unspecified atom stereocenters. The van der Waals surface area contributed by atoms with E-state index in [9.17, 15) is 0 Å². The number of fused-ring (bicyclic) bond motifs is 1. The average Bonchev–Trinajstić information content (AvgIpc) is 2.46. The molecule has 0 fully saturated rings. The molecule has 0 saturated heterocycles. The summed E-state index contributed by atoms with van der Waals surface area (Å²) < 4.78 is 0. The van der Waals surface area contributed by atoms with Crippen LogP contribution in [0.1, 0.15) is 36.3 Å². The predicted octanol–water partition coefficient (Wildman–Crippen LogP) is 2.62. The topological polar surface area (TPSA) is 36.4 Å². The van der Waals surface area contributed by atoms with Crippen LogP contribution in [0.2, 0.25) is 0 Å². The lowest BCUT2D eigenvalue weighted by molar-refractivity contribution is 0.537. The molecule has 0 amide bonds. The Morgan fingerprint density at radius 2 is 2.16 bits per heavy atom. The lowest BCUT2D eigenvalue weighted by atomic mass is 9.83. The van der Waals surface area contributed by atoms with Gasteiger partial charge in [0.1, 0.15) is 0 Å². The normalized spacial score (nSPS) is 21.5. The number of halogens is 1. The summed E-state index contributed by atoms with van der Waals surface area (Å²) in [4.78, 5) is 4.46. The molecule has 0 radical (unpaired) electrons. The highest BCUT2D eigenvalue weighted by Crippen LogP contribution is 2.30. The number of guanidine groups is 1. The van der Waals surface area contributed by atoms with Crippen LogP contribution in [0.15, 0.2) is 29.3 Å². The first kappa shape index (κ1) is 14.4. The molecule has 19 heavy (non-hydrogen) atoms. The second kappa shape index (κ2) is 6.94. The zero-order chi connectivity index (χ0) is 12.2. The first-order chi connectivity index (χ1) is 8.93. The van der Waals surface area contributed by atoms with Gasteiger partial charge in [-0.05, 0) is 36.8 Å². The molecule has 104 valence electrons. The Balaban J connectivity index is 0.00000133. The van der Waals surface area contributed by atoms with Crippen LogP contribution in [0.5, 0.6) is 0 Å². The van der Waals surface area contributed by atoms with Crippen molar-refractivity contribution in [2.75, 3.05) is 19.6 Å². The van der Waals surface area contributed by atoms with E-state index in [1.807, 2.05) is 0 Å². The van der Waals surface area contributed by atoms with Crippen molar-refractivity contribution >= 4 is 22.9 Å². The summed E-state index contributed by atoms with van der Waals surface area (Å²) in [6, 6.07) is 8.88. The van der Waals surface area contributed by atoms with Crippen molar-refractivity contribution in [1.29, 1.82) is 0 Å². The van der Waals surface area contributed by atoms with Crippen molar-refractivity contribution in [1.82, 2.24) is 10.6 Å². The third kappa shape index (κ3) is 3.50. The van der Waals surface area contributed by atoms with Crippen LogP contribution < -0.4 is 10.6 Å². The highest BCUT2D eigenvalue weighted by Gasteiger charge is 2.19. The van der Waals surface area contributed by atoms with E-state index < -0.39 is 0 Å². The van der Waals surface area contributed by atoms with Gasteiger partial charge in [-0.1, -0.05) is 24.3 Å². The molecule has 2 N–H and O–H groups in total. The van der Waals surface area contributed by atoms with Crippen molar-refractivity contribution in [3.05, 3.63) is 35.4 Å². The van der Waals surface area contributed by atoms with Gasteiger partial charge >= 0.3 is 0 Å². The van der Waals surface area contributed by atoms with E-state index in [2.05, 4.69) is 39.9 Å². The molecule has 1 atom stereocenters. The predicted molar refractivity (Wildman–Crippen MR) is 85.4 cm³/mol. The quantitative estimate of drug-likeness (QED) is 0.877. The van der Waals surface area contributed by atoms with Crippen molar-refractivity contribution in [3.8, 4) is 0 Å². The molecule has 1 aromatic carbocycles. The molecule has 1 aromatic rings. The van der Waals surface area contributed by atoms with Gasteiger partial charge in [0, 0.05) is 25.6 Å². The summed E-state index contributed by atoms with van der Waals surface area (Å²) >= 11 is 0. The Labute approximate surface area is 125 Å². The van der Waals surface area contributed by atoms with Gasteiger partial charge in [-0.2, -0.15) is 0 Å². The highest BCUT2D eigenvalue weighted by molar-refractivity contribution is 8.93.